The fourth-order valence-electron chi connectivity index (χ4n) is 2.80. The molecule has 0 fully saturated rings. The van der Waals surface area contributed by atoms with E-state index in [0.717, 1.165) is 12.1 Å². The van der Waals surface area contributed by atoms with Gasteiger partial charge in [0, 0.05) is 5.69 Å². The summed E-state index contributed by atoms with van der Waals surface area (Å²) in [6, 6.07) is 5.71. The quantitative estimate of drug-likeness (QED) is 0.436. The number of hydrogen-bond donors (Lipinski definition) is 1. The standard InChI is InChI=1S/C20H16F5N3O3/c1-10-5-12(31-19(24)25)3-4-15(10)26-20-27-18(29)16(30-2)9-28(20)8-11-6-13(21)17(23)14(22)7-11/h3-7,9,19H,8H2,1-2H3,(H,26,27,29). The summed E-state index contributed by atoms with van der Waals surface area (Å²) >= 11 is 0. The zero-order valence-electron chi connectivity index (χ0n) is 16.3. The summed E-state index contributed by atoms with van der Waals surface area (Å²) in [6.45, 7) is -1.56. The molecule has 0 unspecified atom stereocenters. The molecule has 0 aliphatic heterocycles. The fourth-order valence-corrected chi connectivity index (χ4v) is 2.80. The molecule has 0 saturated carbocycles. The van der Waals surface area contributed by atoms with Crippen LogP contribution in [0.4, 0.5) is 33.6 Å². The molecule has 1 heterocycles. The number of ether oxygens (including phenoxy) is 2. The molecule has 31 heavy (non-hydrogen) atoms. The van der Waals surface area contributed by atoms with Crippen LogP contribution >= 0.6 is 0 Å². The minimum atomic E-state index is -2.98. The van der Waals surface area contributed by atoms with Gasteiger partial charge in [-0.3, -0.25) is 4.79 Å². The van der Waals surface area contributed by atoms with Gasteiger partial charge in [-0.15, -0.1) is 0 Å². The number of nitrogens with zero attached hydrogens (tertiary/aromatic N) is 2. The van der Waals surface area contributed by atoms with Crippen LogP contribution in [0.15, 0.2) is 41.3 Å². The molecular formula is C20H16F5N3O3. The number of alkyl halides is 2. The van der Waals surface area contributed by atoms with Crippen molar-refractivity contribution in [1.29, 1.82) is 0 Å². The first-order valence-corrected chi connectivity index (χ1v) is 8.79. The third-order valence-electron chi connectivity index (χ3n) is 4.25. The first-order chi connectivity index (χ1) is 14.7. The van der Waals surface area contributed by atoms with Crippen molar-refractivity contribution >= 4 is 11.6 Å². The maximum absolute atomic E-state index is 13.6. The fraction of sp³-hybridized carbons (Fsp3) is 0.200. The molecule has 0 aliphatic rings. The average Bonchev–Trinajstić information content (AvgIpc) is 2.69. The summed E-state index contributed by atoms with van der Waals surface area (Å²) in [5, 5.41) is 2.87. The highest BCUT2D eigenvalue weighted by atomic mass is 19.3. The summed E-state index contributed by atoms with van der Waals surface area (Å²) in [7, 11) is 1.25. The van der Waals surface area contributed by atoms with Crippen LogP contribution in [-0.2, 0) is 6.54 Å². The number of rotatable bonds is 7. The Labute approximate surface area is 172 Å². The van der Waals surface area contributed by atoms with Gasteiger partial charge in [0.05, 0.1) is 19.9 Å². The largest absolute Gasteiger partial charge is 0.490 e. The smallest absolute Gasteiger partial charge is 0.387 e. The molecule has 0 aliphatic carbocycles. The minimum absolute atomic E-state index is 0.0263. The van der Waals surface area contributed by atoms with E-state index in [1.165, 1.54) is 36.1 Å². The van der Waals surface area contributed by atoms with E-state index in [1.54, 1.807) is 6.92 Å². The maximum Gasteiger partial charge on any atom is 0.387 e. The van der Waals surface area contributed by atoms with Crippen molar-refractivity contribution in [2.45, 2.75) is 20.1 Å². The second-order valence-corrected chi connectivity index (χ2v) is 6.42. The molecule has 0 atom stereocenters. The van der Waals surface area contributed by atoms with Crippen molar-refractivity contribution in [3.63, 3.8) is 0 Å². The predicted octanol–water partition coefficient (Wildman–Crippen LogP) is 4.37. The highest BCUT2D eigenvalue weighted by Crippen LogP contribution is 2.26. The zero-order valence-corrected chi connectivity index (χ0v) is 16.3. The number of hydrogen-bond acceptors (Lipinski definition) is 5. The minimum Gasteiger partial charge on any atom is -0.490 e. The first kappa shape index (κ1) is 22.1. The van der Waals surface area contributed by atoms with E-state index in [2.05, 4.69) is 15.0 Å². The van der Waals surface area contributed by atoms with Crippen LogP contribution in [-0.4, -0.2) is 23.3 Å². The summed E-state index contributed by atoms with van der Waals surface area (Å²) in [6.07, 6.45) is 1.26. The normalized spacial score (nSPS) is 11.0. The Kier molecular flexibility index (Phi) is 6.42. The number of anilines is 2. The van der Waals surface area contributed by atoms with Gasteiger partial charge in [-0.1, -0.05) is 0 Å². The molecule has 2 aromatic carbocycles. The molecule has 6 nitrogen and oxygen atoms in total. The van der Waals surface area contributed by atoms with Crippen molar-refractivity contribution in [1.82, 2.24) is 9.55 Å². The van der Waals surface area contributed by atoms with Crippen molar-refractivity contribution in [3.05, 3.63) is 75.5 Å². The van der Waals surface area contributed by atoms with Crippen molar-refractivity contribution in [2.75, 3.05) is 12.4 Å². The Bertz CT molecular complexity index is 1140. The molecule has 0 radical (unpaired) electrons. The van der Waals surface area contributed by atoms with Gasteiger partial charge in [-0.2, -0.15) is 13.8 Å². The second kappa shape index (κ2) is 9.02. The molecule has 164 valence electrons. The summed E-state index contributed by atoms with van der Waals surface area (Å²) in [5.74, 6) is -4.55. The second-order valence-electron chi connectivity index (χ2n) is 6.42. The van der Waals surface area contributed by atoms with Gasteiger partial charge in [0.1, 0.15) is 5.75 Å². The average molecular weight is 441 g/mol. The van der Waals surface area contributed by atoms with Gasteiger partial charge in [0.15, 0.2) is 17.5 Å². The number of aromatic nitrogens is 2. The number of aryl methyl sites for hydroxylation is 1. The Morgan fingerprint density at radius 1 is 1.13 bits per heavy atom. The van der Waals surface area contributed by atoms with Gasteiger partial charge >= 0.3 is 12.2 Å². The van der Waals surface area contributed by atoms with Crippen LogP contribution in [0, 0.1) is 24.4 Å². The van der Waals surface area contributed by atoms with Crippen LogP contribution in [0.2, 0.25) is 0 Å². The Morgan fingerprint density at radius 2 is 1.81 bits per heavy atom. The number of methoxy groups -OCH3 is 1. The molecular weight excluding hydrogens is 425 g/mol. The van der Waals surface area contributed by atoms with Crippen LogP contribution in [0.5, 0.6) is 11.5 Å². The highest BCUT2D eigenvalue weighted by molar-refractivity contribution is 5.60. The van der Waals surface area contributed by atoms with Crippen LogP contribution in [0.25, 0.3) is 0 Å². The van der Waals surface area contributed by atoms with E-state index in [-0.39, 0.29) is 29.6 Å². The maximum atomic E-state index is 13.6. The monoisotopic (exact) mass is 441 g/mol. The predicted molar refractivity (Wildman–Crippen MR) is 102 cm³/mol. The highest BCUT2D eigenvalue weighted by Gasteiger charge is 2.15. The number of halogens is 5. The van der Waals surface area contributed by atoms with E-state index in [9.17, 15) is 26.7 Å². The summed E-state index contributed by atoms with van der Waals surface area (Å²) in [5.41, 5.74) is 0.245. The third-order valence-corrected chi connectivity index (χ3v) is 4.25. The van der Waals surface area contributed by atoms with E-state index >= 15 is 0 Å². The molecule has 1 aromatic heterocycles. The van der Waals surface area contributed by atoms with Gasteiger partial charge in [-0.05, 0) is 48.4 Å². The van der Waals surface area contributed by atoms with Gasteiger partial charge in [0.2, 0.25) is 11.7 Å². The lowest BCUT2D eigenvalue weighted by molar-refractivity contribution is -0.0498. The lowest BCUT2D eigenvalue weighted by Gasteiger charge is -2.17. The molecule has 1 N–H and O–H groups in total. The number of nitrogens with one attached hydrogen (secondary N) is 1. The number of benzene rings is 2. The zero-order chi connectivity index (χ0) is 22.7. The van der Waals surface area contributed by atoms with Crippen LogP contribution < -0.4 is 20.3 Å². The molecule has 3 aromatic rings. The van der Waals surface area contributed by atoms with Gasteiger partial charge in [-0.25, -0.2) is 13.2 Å². The summed E-state index contributed by atoms with van der Waals surface area (Å²) < 4.78 is 75.8. The Hall–Kier alpha value is -3.63. The molecule has 0 amide bonds. The topological polar surface area (TPSA) is 65.4 Å². The lowest BCUT2D eigenvalue weighted by atomic mass is 10.2. The molecule has 0 bridgehead atoms. The van der Waals surface area contributed by atoms with E-state index in [0.29, 0.717) is 11.3 Å². The molecule has 3 rings (SSSR count). The van der Waals surface area contributed by atoms with Gasteiger partial charge < -0.3 is 19.4 Å². The summed E-state index contributed by atoms with van der Waals surface area (Å²) in [4.78, 5) is 16.0. The third kappa shape index (κ3) is 5.11. The van der Waals surface area contributed by atoms with Crippen molar-refractivity contribution < 1.29 is 31.4 Å². The van der Waals surface area contributed by atoms with E-state index in [4.69, 9.17) is 4.74 Å². The molecule has 0 saturated heterocycles. The van der Waals surface area contributed by atoms with Crippen molar-refractivity contribution in [3.8, 4) is 11.5 Å². The van der Waals surface area contributed by atoms with Crippen molar-refractivity contribution in [2.24, 2.45) is 0 Å². The molecule has 0 spiro atoms. The van der Waals surface area contributed by atoms with Crippen LogP contribution in [0.1, 0.15) is 11.1 Å². The SMILES string of the molecule is COc1cn(Cc2cc(F)c(F)c(F)c2)c(Nc2ccc(OC(F)F)cc2C)nc1=O. The first-order valence-electron chi connectivity index (χ1n) is 8.79. The Morgan fingerprint density at radius 3 is 2.39 bits per heavy atom. The van der Waals surface area contributed by atoms with E-state index < -0.39 is 29.6 Å². The van der Waals surface area contributed by atoms with Gasteiger partial charge in [0.25, 0.3) is 0 Å². The molecule has 11 heteroatoms. The van der Waals surface area contributed by atoms with E-state index in [1.807, 2.05) is 0 Å². The Balaban J connectivity index is 1.99. The van der Waals surface area contributed by atoms with Crippen LogP contribution in [0.3, 0.4) is 0 Å². The lowest BCUT2D eigenvalue weighted by Crippen LogP contribution is -2.19.